The molecule has 22 nitrogen and oxygen atoms in total. The molecular weight excluding hydrogens is 1630 g/mol. The smallest absolute Gasteiger partial charge is 0.417 e. The Balaban J connectivity index is 0.000000596. The van der Waals surface area contributed by atoms with Gasteiger partial charge in [0.2, 0.25) is 0 Å². The number of methoxy groups -OCH3 is 1. The molecule has 0 aliphatic carbocycles. The van der Waals surface area contributed by atoms with Crippen LogP contribution in [0.5, 0.6) is 5.75 Å². The summed E-state index contributed by atoms with van der Waals surface area (Å²) in [6, 6.07) is 34.5. The first-order chi connectivity index (χ1) is 48.0. The van der Waals surface area contributed by atoms with Crippen LogP contribution in [0.3, 0.4) is 0 Å². The lowest BCUT2D eigenvalue weighted by Gasteiger charge is -2.10. The van der Waals surface area contributed by atoms with Gasteiger partial charge in [-0.3, -0.25) is 72.8 Å². The number of nitrogens with zero attached hydrogens (tertiary/aromatic N) is 7. The fourth-order valence-corrected chi connectivity index (χ4v) is 9.73. The van der Waals surface area contributed by atoms with Gasteiger partial charge in [-0.15, -0.1) is 0 Å². The van der Waals surface area contributed by atoms with Gasteiger partial charge in [0.05, 0.1) is 79.1 Å². The molecule has 0 bridgehead atoms. The van der Waals surface area contributed by atoms with Crippen molar-refractivity contribution in [2.45, 2.75) is 20.0 Å². The van der Waals surface area contributed by atoms with Crippen LogP contribution in [-0.4, -0.2) is 137 Å². The third-order valence-corrected chi connectivity index (χ3v) is 15.1. The monoisotopic (exact) mass is 1690 g/mol. The normalized spacial score (nSPS) is 10.9. The largest absolute Gasteiger partial charge is 0.496 e. The molecule has 0 atom stereocenters. The van der Waals surface area contributed by atoms with E-state index in [1.54, 1.807) is 62.3 Å². The summed E-state index contributed by atoms with van der Waals surface area (Å²) in [7, 11) is 1.56. The summed E-state index contributed by atoms with van der Waals surface area (Å²) < 4.78 is 71.5. The van der Waals surface area contributed by atoms with E-state index in [1.807, 2.05) is 62.4 Å². The molecule has 7 aromatic carbocycles. The molecule has 0 amide bonds. The van der Waals surface area contributed by atoms with Crippen molar-refractivity contribution in [1.29, 1.82) is 37.9 Å². The van der Waals surface area contributed by atoms with Gasteiger partial charge in [0.1, 0.15) is 58.2 Å². The van der Waals surface area contributed by atoms with Crippen LogP contribution in [0.25, 0.3) is 0 Å². The molecule has 102 heavy (non-hydrogen) atoms. The van der Waals surface area contributed by atoms with Gasteiger partial charge in [-0.05, 0) is 115 Å². The number of benzene rings is 7. The molecular formula is C67H72Br3Cl5F5N21O. The number of nitrogens with one attached hydrogen (secondary N) is 7. The maximum absolute atomic E-state index is 13.1. The molecule has 0 aliphatic rings. The molecule has 21 N–H and O–H groups in total. The van der Waals surface area contributed by atoms with Gasteiger partial charge in [-0.2, -0.15) is 13.2 Å². The molecule has 0 fully saturated rings. The van der Waals surface area contributed by atoms with Crippen molar-refractivity contribution in [2.75, 3.05) is 52.9 Å². The Bertz CT molecular complexity index is 3910. The highest BCUT2D eigenvalue weighted by Gasteiger charge is 2.33. The fourth-order valence-electron chi connectivity index (χ4n) is 6.91. The zero-order chi connectivity index (χ0) is 77.1. The molecule has 7 rings (SSSR count). The number of alkyl halides is 3. The van der Waals surface area contributed by atoms with Crippen molar-refractivity contribution in [3.8, 4) is 5.75 Å². The molecule has 542 valence electrons. The first-order valence-electron chi connectivity index (χ1n) is 28.8. The third-order valence-electron chi connectivity index (χ3n) is 11.5. The van der Waals surface area contributed by atoms with Crippen molar-refractivity contribution < 1.29 is 26.7 Å². The van der Waals surface area contributed by atoms with E-state index >= 15 is 0 Å². The summed E-state index contributed by atoms with van der Waals surface area (Å²) in [6.07, 6.45) is 5.91. The average Bonchev–Trinajstić information content (AvgIpc) is 0.827. The van der Waals surface area contributed by atoms with Crippen LogP contribution < -0.4 is 44.9 Å². The quantitative estimate of drug-likeness (QED) is 0.0175. The number of amidine groups is 7. The van der Waals surface area contributed by atoms with E-state index in [0.717, 1.165) is 42.4 Å². The van der Waals surface area contributed by atoms with Crippen molar-refractivity contribution >= 4 is 190 Å². The third kappa shape index (κ3) is 39.2. The Morgan fingerprint density at radius 3 is 1.15 bits per heavy atom. The number of nitrogens with two attached hydrogens (primary N) is 7. The first kappa shape index (κ1) is 90.9. The molecule has 0 unspecified atom stereocenters. The summed E-state index contributed by atoms with van der Waals surface area (Å²) in [5, 5.41) is 50.5. The zero-order valence-corrected chi connectivity index (χ0v) is 63.1. The van der Waals surface area contributed by atoms with Crippen LogP contribution in [-0.2, 0) is 6.18 Å². The topological polar surface area (TPSA) is 445 Å². The average molecular weight is 1700 g/mol. The van der Waals surface area contributed by atoms with Gasteiger partial charge in [0.25, 0.3) is 0 Å². The lowest BCUT2D eigenvalue weighted by Crippen LogP contribution is -2.14. The van der Waals surface area contributed by atoms with Gasteiger partial charge >= 0.3 is 6.18 Å². The maximum atomic E-state index is 13.1. The van der Waals surface area contributed by atoms with E-state index in [-0.39, 0.29) is 102 Å². The number of aliphatic imine (C=N–C) groups is 7. The van der Waals surface area contributed by atoms with E-state index in [1.165, 1.54) is 66.0 Å². The van der Waals surface area contributed by atoms with E-state index in [9.17, 15) is 22.0 Å². The Hall–Kier alpha value is -9.14. The van der Waals surface area contributed by atoms with Crippen molar-refractivity contribution in [3.05, 3.63) is 233 Å². The second-order valence-corrected chi connectivity index (χ2v) is 24.6. The highest BCUT2D eigenvalue weighted by atomic mass is 79.9. The summed E-state index contributed by atoms with van der Waals surface area (Å²) in [6.45, 7) is 4.97. The maximum Gasteiger partial charge on any atom is 0.417 e. The van der Waals surface area contributed by atoms with E-state index in [0.29, 0.717) is 37.5 Å². The predicted octanol–water partition coefficient (Wildman–Crippen LogP) is 14.8. The minimum atomic E-state index is -4.50. The molecule has 0 radical (unpaired) electrons. The predicted molar refractivity (Wildman–Crippen MR) is 425 cm³/mol. The molecule has 0 saturated heterocycles. The highest BCUT2D eigenvalue weighted by molar-refractivity contribution is 9.11. The molecule has 35 heteroatoms. The van der Waals surface area contributed by atoms with Crippen LogP contribution in [0.2, 0.25) is 25.1 Å². The SMILES string of the molecule is COc1cccc(Cl)c1C=NCC(=N)N.Cc1cccc(C)c1C=NCC(=N)N.N=C(N)CN=Cc1c(Br)cccc1Br.N=C(N)CN=Cc1c(Cl)cccc1Br.N=C(N)CN=Cc1c(Cl)cccc1C(F)(F)F.N=C(N)CN=Cc1ccc(Cl)cc1F.N=C(N)CN=Cc1ccc(F)cc1Cl. The Kier molecular flexibility index (Phi) is 44.0. The Morgan fingerprint density at radius 2 is 0.735 bits per heavy atom. The van der Waals surface area contributed by atoms with Crippen molar-refractivity contribution in [3.63, 3.8) is 0 Å². The second kappa shape index (κ2) is 49.4. The lowest BCUT2D eigenvalue weighted by molar-refractivity contribution is -0.137. The molecule has 0 spiro atoms. The summed E-state index contributed by atoms with van der Waals surface area (Å²) in [5.74, 6) is -0.311. The standard InChI is InChI=1S/C11H15N3.C10H9ClF3N3.C10H12ClN3O.C9H9Br2N3.C9H9BrClN3.2C9H9ClFN3/c1-8-4-3-5-9(2)10(8)6-14-7-11(12)13;11-8-3-1-2-7(10(12,13)14)6(8)4-17-5-9(15)16;1-15-9-4-2-3-8(11)7(9)5-14-6-10(12)13;2*10-7-2-1-3-8(11)6(7)4-14-5-9(12)13;10-8-3-7(11)2-1-6(8)4-14-5-9(12)13;10-7-2-1-6(8(11)3-7)4-14-5-9(12)13/h3-6H,7H2,1-2H3,(H3,12,13);1-4H,5H2,(H3,15,16);2-5H,6H2,1H3,(H3,12,13);4*1-4H,5H2,(H3,12,13). The van der Waals surface area contributed by atoms with Crippen LogP contribution in [0, 0.1) is 63.3 Å². The van der Waals surface area contributed by atoms with Crippen molar-refractivity contribution in [2.24, 2.45) is 75.1 Å². The molecule has 7 aromatic rings. The highest BCUT2D eigenvalue weighted by Crippen LogP contribution is 2.34. The number of ether oxygens (including phenoxy) is 1. The van der Waals surface area contributed by atoms with Gasteiger partial charge in [0, 0.05) is 94.8 Å². The number of hydrogen-bond acceptors (Lipinski definition) is 15. The van der Waals surface area contributed by atoms with Gasteiger partial charge in [0.15, 0.2) is 0 Å². The summed E-state index contributed by atoms with van der Waals surface area (Å²) >= 11 is 39.0. The number of rotatable bonds is 22. The Morgan fingerprint density at radius 1 is 0.402 bits per heavy atom. The molecule has 0 aliphatic heterocycles. The lowest BCUT2D eigenvalue weighted by atomic mass is 10.0. The first-order valence-corrected chi connectivity index (χ1v) is 33.1. The molecule has 0 saturated carbocycles. The number of halogens is 13. The summed E-state index contributed by atoms with van der Waals surface area (Å²) in [5.41, 5.74) is 41.7. The number of aryl methyl sites for hydroxylation is 2. The summed E-state index contributed by atoms with van der Waals surface area (Å²) in [4.78, 5) is 27.3. The zero-order valence-electron chi connectivity index (χ0n) is 54.6. The molecule has 0 heterocycles. The second-order valence-electron chi connectivity index (χ2n) is 19.9. The van der Waals surface area contributed by atoms with Gasteiger partial charge in [-0.25, -0.2) is 8.78 Å². The van der Waals surface area contributed by atoms with Crippen molar-refractivity contribution in [1.82, 2.24) is 0 Å². The van der Waals surface area contributed by atoms with E-state index < -0.39 is 23.4 Å². The van der Waals surface area contributed by atoms with Crippen LogP contribution >= 0.6 is 106 Å². The number of hydrogen-bond donors (Lipinski definition) is 14. The molecule has 0 aromatic heterocycles. The van der Waals surface area contributed by atoms with Gasteiger partial charge < -0.3 is 44.9 Å². The van der Waals surface area contributed by atoms with Crippen LogP contribution in [0.1, 0.15) is 55.6 Å². The Labute approximate surface area is 636 Å². The van der Waals surface area contributed by atoms with E-state index in [4.69, 9.17) is 141 Å². The van der Waals surface area contributed by atoms with Gasteiger partial charge in [-0.1, -0.05) is 148 Å². The van der Waals surface area contributed by atoms with Crippen LogP contribution in [0.4, 0.5) is 22.0 Å². The minimum absolute atomic E-state index is 0.0114. The fraction of sp³-hybridized carbons (Fsp3) is 0.164. The van der Waals surface area contributed by atoms with E-state index in [2.05, 4.69) is 82.7 Å². The minimum Gasteiger partial charge on any atom is -0.496 e. The van der Waals surface area contributed by atoms with Crippen LogP contribution in [0.15, 0.2) is 176 Å².